The van der Waals surface area contributed by atoms with Gasteiger partial charge in [0.25, 0.3) is 0 Å². The number of carbonyl (C=O) groups is 1. The minimum atomic E-state index is 0.170. The van der Waals surface area contributed by atoms with Gasteiger partial charge in [-0.2, -0.15) is 0 Å². The molecule has 0 aromatic carbocycles. The van der Waals surface area contributed by atoms with Crippen LogP contribution >= 0.6 is 0 Å². The fourth-order valence-electron chi connectivity index (χ4n) is 2.75. The SMILES string of the molecule is CC(C)N(C)CCCCNC(=O)C1CCCC1CN. The standard InChI is InChI=1S/C15H31N3O/c1-12(2)18(3)10-5-4-9-17-15(19)14-8-6-7-13(14)11-16/h12-14H,4-11,16H2,1-3H3,(H,17,19). The highest BCUT2D eigenvalue weighted by Gasteiger charge is 2.31. The van der Waals surface area contributed by atoms with E-state index in [0.717, 1.165) is 45.2 Å². The molecule has 0 radical (unpaired) electrons. The third-order valence-electron chi connectivity index (χ3n) is 4.42. The minimum absolute atomic E-state index is 0.170. The van der Waals surface area contributed by atoms with Crippen LogP contribution in [0, 0.1) is 11.8 Å². The summed E-state index contributed by atoms with van der Waals surface area (Å²) in [4.78, 5) is 14.4. The highest BCUT2D eigenvalue weighted by molar-refractivity contribution is 5.79. The Bertz CT molecular complexity index is 268. The van der Waals surface area contributed by atoms with Crippen molar-refractivity contribution in [3.8, 4) is 0 Å². The molecule has 0 saturated heterocycles. The lowest BCUT2D eigenvalue weighted by atomic mass is 9.95. The van der Waals surface area contributed by atoms with Crippen LogP contribution in [-0.4, -0.2) is 43.5 Å². The van der Waals surface area contributed by atoms with Crippen molar-refractivity contribution >= 4 is 5.91 Å². The fraction of sp³-hybridized carbons (Fsp3) is 0.933. The molecule has 4 heteroatoms. The van der Waals surface area contributed by atoms with Gasteiger partial charge in [0.2, 0.25) is 5.91 Å². The molecule has 1 fully saturated rings. The van der Waals surface area contributed by atoms with Gasteiger partial charge < -0.3 is 16.0 Å². The molecule has 1 aliphatic carbocycles. The molecule has 1 amide bonds. The van der Waals surface area contributed by atoms with E-state index < -0.39 is 0 Å². The van der Waals surface area contributed by atoms with Gasteiger partial charge in [0.15, 0.2) is 0 Å². The number of nitrogens with two attached hydrogens (primary N) is 1. The van der Waals surface area contributed by atoms with Gasteiger partial charge in [0, 0.05) is 18.5 Å². The molecule has 1 saturated carbocycles. The second kappa shape index (κ2) is 8.54. The van der Waals surface area contributed by atoms with Crippen molar-refractivity contribution < 1.29 is 4.79 Å². The molecule has 1 rings (SSSR count). The van der Waals surface area contributed by atoms with E-state index in [2.05, 4.69) is 31.1 Å². The zero-order valence-corrected chi connectivity index (χ0v) is 12.8. The minimum Gasteiger partial charge on any atom is -0.356 e. The Morgan fingerprint density at radius 2 is 2.11 bits per heavy atom. The average molecular weight is 269 g/mol. The molecule has 0 aromatic rings. The number of hydrogen-bond donors (Lipinski definition) is 2. The molecule has 1 aliphatic rings. The molecule has 0 bridgehead atoms. The van der Waals surface area contributed by atoms with Crippen LogP contribution in [0.4, 0.5) is 0 Å². The molecule has 0 aromatic heterocycles. The second-order valence-corrected chi connectivity index (χ2v) is 6.11. The van der Waals surface area contributed by atoms with Crippen molar-refractivity contribution in [1.29, 1.82) is 0 Å². The van der Waals surface area contributed by atoms with Gasteiger partial charge in [-0.05, 0) is 65.6 Å². The summed E-state index contributed by atoms with van der Waals surface area (Å²) in [6.07, 6.45) is 5.49. The molecule has 2 atom stereocenters. The number of rotatable bonds is 8. The Kier molecular flexibility index (Phi) is 7.39. The Labute approximate surface area is 118 Å². The Morgan fingerprint density at radius 1 is 1.37 bits per heavy atom. The number of nitrogens with zero attached hydrogens (tertiary/aromatic N) is 1. The van der Waals surface area contributed by atoms with Gasteiger partial charge >= 0.3 is 0 Å². The first-order valence-corrected chi connectivity index (χ1v) is 7.74. The molecule has 19 heavy (non-hydrogen) atoms. The summed E-state index contributed by atoms with van der Waals surface area (Å²) in [6, 6.07) is 0.596. The Hall–Kier alpha value is -0.610. The van der Waals surface area contributed by atoms with Crippen molar-refractivity contribution in [3.05, 3.63) is 0 Å². The van der Waals surface area contributed by atoms with Crippen LogP contribution in [0.25, 0.3) is 0 Å². The maximum absolute atomic E-state index is 12.0. The normalized spacial score (nSPS) is 23.3. The van der Waals surface area contributed by atoms with Gasteiger partial charge in [-0.3, -0.25) is 4.79 Å². The van der Waals surface area contributed by atoms with E-state index in [1.165, 1.54) is 0 Å². The predicted octanol–water partition coefficient (Wildman–Crippen LogP) is 1.60. The molecule has 4 nitrogen and oxygen atoms in total. The van der Waals surface area contributed by atoms with Gasteiger partial charge in [-0.25, -0.2) is 0 Å². The largest absolute Gasteiger partial charge is 0.356 e. The van der Waals surface area contributed by atoms with E-state index in [1.807, 2.05) is 0 Å². The summed E-state index contributed by atoms with van der Waals surface area (Å²) in [7, 11) is 2.15. The maximum Gasteiger partial charge on any atom is 0.223 e. The Morgan fingerprint density at radius 3 is 2.74 bits per heavy atom. The zero-order valence-electron chi connectivity index (χ0n) is 12.8. The van der Waals surface area contributed by atoms with Crippen LogP contribution < -0.4 is 11.1 Å². The monoisotopic (exact) mass is 269 g/mol. The maximum atomic E-state index is 12.0. The van der Waals surface area contributed by atoms with Crippen molar-refractivity contribution in [2.75, 3.05) is 26.7 Å². The number of hydrogen-bond acceptors (Lipinski definition) is 3. The first-order chi connectivity index (χ1) is 9.06. The van der Waals surface area contributed by atoms with Crippen LogP contribution in [0.2, 0.25) is 0 Å². The Balaban J connectivity index is 2.10. The highest BCUT2D eigenvalue weighted by atomic mass is 16.1. The molecule has 0 spiro atoms. The number of amides is 1. The second-order valence-electron chi connectivity index (χ2n) is 6.11. The van der Waals surface area contributed by atoms with Gasteiger partial charge in [-0.15, -0.1) is 0 Å². The highest BCUT2D eigenvalue weighted by Crippen LogP contribution is 2.30. The molecule has 3 N–H and O–H groups in total. The number of carbonyl (C=O) groups excluding carboxylic acids is 1. The lowest BCUT2D eigenvalue weighted by Gasteiger charge is -2.21. The number of nitrogens with one attached hydrogen (secondary N) is 1. The van der Waals surface area contributed by atoms with E-state index in [-0.39, 0.29) is 11.8 Å². The number of unbranched alkanes of at least 4 members (excludes halogenated alkanes) is 1. The smallest absolute Gasteiger partial charge is 0.223 e. The first kappa shape index (κ1) is 16.4. The van der Waals surface area contributed by atoms with Gasteiger partial charge in [-0.1, -0.05) is 6.42 Å². The summed E-state index contributed by atoms with van der Waals surface area (Å²) >= 11 is 0. The van der Waals surface area contributed by atoms with Crippen molar-refractivity contribution in [2.45, 2.75) is 52.0 Å². The quantitative estimate of drug-likeness (QED) is 0.658. The lowest BCUT2D eigenvalue weighted by molar-refractivity contribution is -0.125. The lowest BCUT2D eigenvalue weighted by Crippen LogP contribution is -2.35. The summed E-state index contributed by atoms with van der Waals surface area (Å²) in [5.74, 6) is 0.806. The van der Waals surface area contributed by atoms with E-state index in [1.54, 1.807) is 0 Å². The summed E-state index contributed by atoms with van der Waals surface area (Å²) in [5, 5.41) is 3.08. The molecule has 112 valence electrons. The van der Waals surface area contributed by atoms with E-state index in [0.29, 0.717) is 18.5 Å². The fourth-order valence-corrected chi connectivity index (χ4v) is 2.75. The van der Waals surface area contributed by atoms with E-state index >= 15 is 0 Å². The summed E-state index contributed by atoms with van der Waals surface area (Å²) < 4.78 is 0. The summed E-state index contributed by atoms with van der Waals surface area (Å²) in [6.45, 7) is 6.96. The topological polar surface area (TPSA) is 58.4 Å². The van der Waals surface area contributed by atoms with Crippen molar-refractivity contribution in [2.24, 2.45) is 17.6 Å². The molecule has 0 aliphatic heterocycles. The van der Waals surface area contributed by atoms with Gasteiger partial charge in [0.1, 0.15) is 0 Å². The molecular formula is C15H31N3O. The van der Waals surface area contributed by atoms with Crippen molar-refractivity contribution in [3.63, 3.8) is 0 Å². The van der Waals surface area contributed by atoms with E-state index in [9.17, 15) is 4.79 Å². The van der Waals surface area contributed by atoms with Crippen LogP contribution in [0.1, 0.15) is 46.0 Å². The van der Waals surface area contributed by atoms with Crippen LogP contribution in [-0.2, 0) is 4.79 Å². The average Bonchev–Trinajstić information content (AvgIpc) is 2.85. The van der Waals surface area contributed by atoms with Crippen LogP contribution in [0.3, 0.4) is 0 Å². The third kappa shape index (κ3) is 5.49. The zero-order chi connectivity index (χ0) is 14.3. The third-order valence-corrected chi connectivity index (χ3v) is 4.42. The van der Waals surface area contributed by atoms with E-state index in [4.69, 9.17) is 5.73 Å². The van der Waals surface area contributed by atoms with Crippen molar-refractivity contribution in [1.82, 2.24) is 10.2 Å². The van der Waals surface area contributed by atoms with Gasteiger partial charge in [0.05, 0.1) is 0 Å². The van der Waals surface area contributed by atoms with Crippen LogP contribution in [0.5, 0.6) is 0 Å². The summed E-state index contributed by atoms with van der Waals surface area (Å²) in [5.41, 5.74) is 5.71. The molecule has 0 heterocycles. The molecular weight excluding hydrogens is 238 g/mol. The molecule has 2 unspecified atom stereocenters. The van der Waals surface area contributed by atoms with Crippen LogP contribution in [0.15, 0.2) is 0 Å². The first-order valence-electron chi connectivity index (χ1n) is 7.74. The predicted molar refractivity (Wildman–Crippen MR) is 79.9 cm³/mol.